The Kier molecular flexibility index (Phi) is 14.3. The number of halogens is 3. The molecular formula is C37H53F3N6O7. The lowest BCUT2D eigenvalue weighted by Gasteiger charge is -2.36. The van der Waals surface area contributed by atoms with E-state index in [9.17, 15) is 41.9 Å². The Morgan fingerprint density at radius 1 is 0.962 bits per heavy atom. The van der Waals surface area contributed by atoms with E-state index in [-0.39, 0.29) is 70.4 Å². The minimum absolute atomic E-state index is 0.0451. The van der Waals surface area contributed by atoms with Gasteiger partial charge in [0.05, 0.1) is 12.0 Å². The van der Waals surface area contributed by atoms with Gasteiger partial charge in [-0.25, -0.2) is 4.79 Å². The van der Waals surface area contributed by atoms with E-state index in [4.69, 9.17) is 4.74 Å². The zero-order valence-corrected chi connectivity index (χ0v) is 30.9. The van der Waals surface area contributed by atoms with Crippen molar-refractivity contribution in [2.45, 2.75) is 110 Å². The van der Waals surface area contributed by atoms with Crippen LogP contribution in [0.5, 0.6) is 0 Å². The van der Waals surface area contributed by atoms with Crippen molar-refractivity contribution in [3.8, 4) is 0 Å². The van der Waals surface area contributed by atoms with Crippen molar-refractivity contribution in [1.82, 2.24) is 31.1 Å². The fourth-order valence-corrected chi connectivity index (χ4v) is 7.42. The molecule has 2 unspecified atom stereocenters. The number of nitrogens with one attached hydrogen (secondary N) is 4. The summed E-state index contributed by atoms with van der Waals surface area (Å²) in [6.45, 7) is 7.66. The zero-order valence-electron chi connectivity index (χ0n) is 30.9. The highest BCUT2D eigenvalue weighted by molar-refractivity contribution is 6.38. The van der Waals surface area contributed by atoms with Crippen molar-refractivity contribution >= 4 is 35.5 Å². The van der Waals surface area contributed by atoms with E-state index in [1.807, 2.05) is 13.8 Å². The molecule has 1 aromatic rings. The van der Waals surface area contributed by atoms with Gasteiger partial charge in [0.15, 0.2) is 0 Å². The van der Waals surface area contributed by atoms with Crippen LogP contribution in [0.25, 0.3) is 0 Å². The molecule has 53 heavy (non-hydrogen) atoms. The molecule has 13 nitrogen and oxygen atoms in total. The lowest BCUT2D eigenvalue weighted by molar-refractivity contribution is -0.185. The number of carbonyl (C=O) groups excluding carboxylic acids is 6. The maximum atomic E-state index is 14.5. The first kappa shape index (κ1) is 41.5. The highest BCUT2D eigenvalue weighted by Gasteiger charge is 2.50. The summed E-state index contributed by atoms with van der Waals surface area (Å²) in [4.78, 5) is 83.6. The fourth-order valence-electron chi connectivity index (χ4n) is 7.42. The fraction of sp³-hybridized carbons (Fsp3) is 0.676. The van der Waals surface area contributed by atoms with Gasteiger partial charge in [0.25, 0.3) is 5.91 Å². The van der Waals surface area contributed by atoms with Gasteiger partial charge in [-0.05, 0) is 82.9 Å². The summed E-state index contributed by atoms with van der Waals surface area (Å²) in [6, 6.07) is 4.77. The van der Waals surface area contributed by atoms with Crippen molar-refractivity contribution in [3.63, 3.8) is 0 Å². The number of benzene rings is 1. The minimum Gasteiger partial charge on any atom is -0.445 e. The zero-order chi connectivity index (χ0) is 38.9. The number of alkyl halides is 3. The second-order valence-electron chi connectivity index (χ2n) is 14.8. The van der Waals surface area contributed by atoms with Crippen LogP contribution in [0, 0.1) is 17.3 Å². The number of rotatable bonds is 15. The van der Waals surface area contributed by atoms with Crippen LogP contribution in [0.4, 0.5) is 18.0 Å². The molecule has 16 heteroatoms. The third-order valence-electron chi connectivity index (χ3n) is 10.8. The summed E-state index contributed by atoms with van der Waals surface area (Å²) in [6.07, 6.45) is -3.84. The summed E-state index contributed by atoms with van der Waals surface area (Å²) in [5, 5.41) is 10.6. The van der Waals surface area contributed by atoms with Crippen molar-refractivity contribution in [2.24, 2.45) is 17.3 Å². The largest absolute Gasteiger partial charge is 0.445 e. The lowest BCUT2D eigenvalue weighted by atomic mass is 9.80. The van der Waals surface area contributed by atoms with Crippen molar-refractivity contribution < 1.29 is 46.7 Å². The SMILES string of the molecule is CCC1(CC)C[C@@H](C(=O)NC(C[C@@H]2CCNC2=O)C(=O)C(=O)NC(C)C)N(C(=O)C(CN2CCC(C(F)(F)F)CC2)NC(=O)OCc2ccccc2)C1. The molecule has 3 heterocycles. The molecule has 4 rings (SSSR count). The van der Waals surface area contributed by atoms with Crippen LogP contribution in [-0.4, -0.2) is 108 Å². The first-order valence-electron chi connectivity index (χ1n) is 18.5. The van der Waals surface area contributed by atoms with Crippen molar-refractivity contribution in [3.05, 3.63) is 35.9 Å². The maximum Gasteiger partial charge on any atom is 0.408 e. The number of Topliss-reactive ketones (excluding diaryl/α,β-unsaturated/α-hetero) is 1. The maximum absolute atomic E-state index is 14.5. The number of piperidine rings is 1. The van der Waals surface area contributed by atoms with Crippen LogP contribution >= 0.6 is 0 Å². The normalized spacial score (nSPS) is 21.8. The van der Waals surface area contributed by atoms with E-state index < -0.39 is 71.2 Å². The number of hydrogen-bond acceptors (Lipinski definition) is 8. The number of ketones is 1. The molecular weight excluding hydrogens is 697 g/mol. The van der Waals surface area contributed by atoms with E-state index >= 15 is 0 Å². The average molecular weight is 751 g/mol. The van der Waals surface area contributed by atoms with Crippen molar-refractivity contribution in [1.29, 1.82) is 0 Å². The smallest absolute Gasteiger partial charge is 0.408 e. The summed E-state index contributed by atoms with van der Waals surface area (Å²) < 4.78 is 45.7. The number of likely N-dealkylation sites (tertiary alicyclic amines) is 2. The van der Waals surface area contributed by atoms with Gasteiger partial charge in [0, 0.05) is 31.6 Å². The standard InChI is InChI=1S/C37H53F3N6O7/c1-5-36(6-2)19-29(32(49)43-27(18-25-12-15-41-31(25)48)30(47)33(50)42-23(3)4)46(22-36)34(51)28(20-45-16-13-26(14-17-45)37(38,39)40)44-35(52)53-21-24-10-8-7-9-11-24/h7-11,23,25-29H,5-6,12-22H2,1-4H3,(H,41,48)(H,42,50)(H,43,49)(H,44,52)/t25-,27?,28?,29-/m0/s1. The average Bonchev–Trinajstić information content (AvgIpc) is 3.73. The van der Waals surface area contributed by atoms with Gasteiger partial charge < -0.3 is 35.8 Å². The predicted molar refractivity (Wildman–Crippen MR) is 188 cm³/mol. The van der Waals surface area contributed by atoms with E-state index in [2.05, 4.69) is 21.3 Å². The molecule has 0 spiro atoms. The number of alkyl carbamates (subject to hydrolysis) is 1. The Morgan fingerprint density at radius 3 is 2.19 bits per heavy atom. The van der Waals surface area contributed by atoms with Gasteiger partial charge in [0.2, 0.25) is 23.5 Å². The molecule has 0 bridgehead atoms. The molecule has 0 radical (unpaired) electrons. The van der Waals surface area contributed by atoms with Gasteiger partial charge in [-0.15, -0.1) is 0 Å². The molecule has 4 atom stereocenters. The second kappa shape index (κ2) is 18.2. The minimum atomic E-state index is -4.34. The van der Waals surface area contributed by atoms with Crippen LogP contribution < -0.4 is 21.3 Å². The van der Waals surface area contributed by atoms with Crippen LogP contribution in [0.1, 0.15) is 78.2 Å². The van der Waals surface area contributed by atoms with E-state index in [0.29, 0.717) is 31.4 Å². The summed E-state index contributed by atoms with van der Waals surface area (Å²) in [7, 11) is 0. The summed E-state index contributed by atoms with van der Waals surface area (Å²) in [5.41, 5.74) is 0.203. The third kappa shape index (κ3) is 11.2. The molecule has 3 fully saturated rings. The second-order valence-corrected chi connectivity index (χ2v) is 14.8. The highest BCUT2D eigenvalue weighted by atomic mass is 19.4. The highest BCUT2D eigenvalue weighted by Crippen LogP contribution is 2.41. The van der Waals surface area contributed by atoms with E-state index in [1.165, 1.54) is 4.90 Å². The molecule has 0 saturated carbocycles. The van der Waals surface area contributed by atoms with Crippen LogP contribution in [0.15, 0.2) is 30.3 Å². The van der Waals surface area contributed by atoms with Crippen molar-refractivity contribution in [2.75, 3.05) is 32.7 Å². The van der Waals surface area contributed by atoms with Gasteiger partial charge in [-0.3, -0.25) is 24.0 Å². The summed E-state index contributed by atoms with van der Waals surface area (Å²) >= 11 is 0. The third-order valence-corrected chi connectivity index (χ3v) is 10.8. The Morgan fingerprint density at radius 2 is 1.62 bits per heavy atom. The van der Waals surface area contributed by atoms with Crippen LogP contribution in [0.2, 0.25) is 0 Å². The molecule has 3 aliphatic heterocycles. The van der Waals surface area contributed by atoms with Gasteiger partial charge in [0.1, 0.15) is 18.7 Å². The Bertz CT molecular complexity index is 1460. The number of amides is 5. The Labute approximate surface area is 308 Å². The molecule has 4 N–H and O–H groups in total. The van der Waals surface area contributed by atoms with Gasteiger partial charge >= 0.3 is 12.3 Å². The molecule has 294 valence electrons. The molecule has 3 saturated heterocycles. The first-order valence-corrected chi connectivity index (χ1v) is 18.5. The molecule has 5 amide bonds. The number of hydrogen-bond donors (Lipinski definition) is 4. The molecule has 3 aliphatic rings. The number of carbonyl (C=O) groups is 6. The van der Waals surface area contributed by atoms with Gasteiger partial charge in [-0.1, -0.05) is 44.2 Å². The van der Waals surface area contributed by atoms with E-state index in [0.717, 1.165) is 0 Å². The monoisotopic (exact) mass is 750 g/mol. The quantitative estimate of drug-likeness (QED) is 0.199. The topological polar surface area (TPSA) is 166 Å². The molecule has 0 aromatic heterocycles. The van der Waals surface area contributed by atoms with Gasteiger partial charge in [-0.2, -0.15) is 13.2 Å². The first-order chi connectivity index (χ1) is 25.1. The van der Waals surface area contributed by atoms with E-state index in [1.54, 1.807) is 49.1 Å². The summed E-state index contributed by atoms with van der Waals surface area (Å²) in [5.74, 6) is -5.50. The van der Waals surface area contributed by atoms with Crippen LogP contribution in [-0.2, 0) is 35.3 Å². The van der Waals surface area contributed by atoms with Crippen LogP contribution in [0.3, 0.4) is 0 Å². The Hall–Kier alpha value is -4.21. The number of ether oxygens (including phenoxy) is 1. The number of nitrogens with zero attached hydrogens (tertiary/aromatic N) is 2. The Balaban J connectivity index is 1.59. The lowest BCUT2D eigenvalue weighted by Crippen LogP contribution is -2.59. The molecule has 0 aliphatic carbocycles. The predicted octanol–water partition coefficient (Wildman–Crippen LogP) is 3.07. The molecule has 1 aromatic carbocycles.